The molecule has 0 bridgehead atoms. The van der Waals surface area contributed by atoms with Crippen LogP contribution in [0.2, 0.25) is 0 Å². The summed E-state index contributed by atoms with van der Waals surface area (Å²) in [5.74, 6) is 1.25. The molecule has 0 spiro atoms. The first-order valence-electron chi connectivity index (χ1n) is 6.37. The second-order valence-corrected chi connectivity index (χ2v) is 4.33. The maximum atomic E-state index is 4.80. The zero-order chi connectivity index (χ0) is 12.0. The Bertz CT molecular complexity index is 289. The lowest BCUT2D eigenvalue weighted by Crippen LogP contribution is -2.37. The van der Waals surface area contributed by atoms with Crippen molar-refractivity contribution in [2.75, 3.05) is 6.54 Å². The van der Waals surface area contributed by atoms with E-state index in [4.69, 9.17) is 4.99 Å². The van der Waals surface area contributed by atoms with E-state index in [0.29, 0.717) is 6.04 Å². The number of nitrogens with zero attached hydrogens (tertiary/aromatic N) is 2. The molecule has 2 heteroatoms. The number of hydrogen-bond donors (Lipinski definition) is 0. The summed E-state index contributed by atoms with van der Waals surface area (Å²) in [6.45, 7) is 9.81. The van der Waals surface area contributed by atoms with Crippen LogP contribution in [0.4, 0.5) is 0 Å². The fourth-order valence-corrected chi connectivity index (χ4v) is 2.04. The molecule has 0 radical (unpaired) electrons. The highest BCUT2D eigenvalue weighted by atomic mass is 15.2. The number of rotatable bonds is 3. The third-order valence-corrected chi connectivity index (χ3v) is 2.88. The van der Waals surface area contributed by atoms with Crippen molar-refractivity contribution in [3.05, 3.63) is 24.3 Å². The highest BCUT2D eigenvalue weighted by Crippen LogP contribution is 2.11. The first kappa shape index (κ1) is 13.0. The summed E-state index contributed by atoms with van der Waals surface area (Å²) in [5.41, 5.74) is 0. The summed E-state index contributed by atoms with van der Waals surface area (Å²) in [6.07, 6.45) is 10.9. The SMILES string of the molecule is CCC/C1=N/C(C)/C=C\C=C/C(C)N1CC. The largest absolute Gasteiger partial charge is 0.354 e. The third kappa shape index (κ3) is 3.51. The molecular formula is C14H24N2. The molecule has 0 aromatic heterocycles. The van der Waals surface area contributed by atoms with Gasteiger partial charge in [-0.05, 0) is 27.2 Å². The predicted octanol–water partition coefficient (Wildman–Crippen LogP) is 3.41. The van der Waals surface area contributed by atoms with Crippen molar-refractivity contribution in [1.29, 1.82) is 0 Å². The fourth-order valence-electron chi connectivity index (χ4n) is 2.04. The molecule has 0 aliphatic carbocycles. The van der Waals surface area contributed by atoms with Gasteiger partial charge < -0.3 is 4.90 Å². The van der Waals surface area contributed by atoms with E-state index in [2.05, 4.69) is 56.9 Å². The summed E-state index contributed by atoms with van der Waals surface area (Å²) in [7, 11) is 0. The molecule has 0 amide bonds. The highest BCUT2D eigenvalue weighted by Gasteiger charge is 2.14. The molecule has 1 rings (SSSR count). The predicted molar refractivity (Wildman–Crippen MR) is 71.9 cm³/mol. The van der Waals surface area contributed by atoms with E-state index in [1.54, 1.807) is 0 Å². The van der Waals surface area contributed by atoms with Gasteiger partial charge in [0, 0.05) is 19.0 Å². The van der Waals surface area contributed by atoms with Crippen molar-refractivity contribution in [3.63, 3.8) is 0 Å². The number of amidine groups is 1. The van der Waals surface area contributed by atoms with Gasteiger partial charge in [0.25, 0.3) is 0 Å². The molecule has 1 aliphatic heterocycles. The summed E-state index contributed by atoms with van der Waals surface area (Å²) in [5, 5.41) is 0. The average molecular weight is 220 g/mol. The Morgan fingerprint density at radius 2 is 1.88 bits per heavy atom. The van der Waals surface area contributed by atoms with E-state index in [0.717, 1.165) is 19.4 Å². The van der Waals surface area contributed by atoms with E-state index in [-0.39, 0.29) is 6.04 Å². The van der Waals surface area contributed by atoms with Gasteiger partial charge in [-0.25, -0.2) is 0 Å². The van der Waals surface area contributed by atoms with Gasteiger partial charge in [0.1, 0.15) is 5.84 Å². The van der Waals surface area contributed by atoms with Gasteiger partial charge in [-0.15, -0.1) is 0 Å². The zero-order valence-corrected chi connectivity index (χ0v) is 11.0. The van der Waals surface area contributed by atoms with Crippen LogP contribution in [0.3, 0.4) is 0 Å². The summed E-state index contributed by atoms with van der Waals surface area (Å²) >= 11 is 0. The quantitative estimate of drug-likeness (QED) is 0.711. The Balaban J connectivity index is 2.98. The van der Waals surface area contributed by atoms with Gasteiger partial charge in [-0.3, -0.25) is 4.99 Å². The zero-order valence-electron chi connectivity index (χ0n) is 11.0. The maximum absolute atomic E-state index is 4.80. The summed E-state index contributed by atoms with van der Waals surface area (Å²) < 4.78 is 0. The summed E-state index contributed by atoms with van der Waals surface area (Å²) in [6, 6.07) is 0.718. The molecule has 1 heterocycles. The van der Waals surface area contributed by atoms with E-state index < -0.39 is 0 Å². The second-order valence-electron chi connectivity index (χ2n) is 4.33. The third-order valence-electron chi connectivity index (χ3n) is 2.88. The molecule has 1 aliphatic rings. The topological polar surface area (TPSA) is 15.6 Å². The minimum atomic E-state index is 0.283. The van der Waals surface area contributed by atoms with Crippen molar-refractivity contribution in [2.24, 2.45) is 4.99 Å². The van der Waals surface area contributed by atoms with Crippen molar-refractivity contribution in [2.45, 2.75) is 52.6 Å². The molecular weight excluding hydrogens is 196 g/mol. The van der Waals surface area contributed by atoms with Crippen LogP contribution in [0.5, 0.6) is 0 Å². The number of likely N-dealkylation sites (N-methyl/N-ethyl adjacent to an activating group) is 1. The maximum Gasteiger partial charge on any atom is 0.100 e. The molecule has 2 unspecified atom stereocenters. The van der Waals surface area contributed by atoms with Crippen LogP contribution in [-0.2, 0) is 0 Å². The number of aliphatic imine (C=N–C) groups is 1. The molecule has 2 nitrogen and oxygen atoms in total. The molecule has 0 saturated carbocycles. The van der Waals surface area contributed by atoms with Crippen molar-refractivity contribution in [1.82, 2.24) is 4.90 Å². The van der Waals surface area contributed by atoms with Crippen LogP contribution in [-0.4, -0.2) is 29.4 Å². The lowest BCUT2D eigenvalue weighted by molar-refractivity contribution is 0.385. The van der Waals surface area contributed by atoms with Crippen LogP contribution in [0.1, 0.15) is 40.5 Å². The van der Waals surface area contributed by atoms with Gasteiger partial charge in [0.15, 0.2) is 0 Å². The molecule has 0 aromatic rings. The first-order valence-corrected chi connectivity index (χ1v) is 6.37. The smallest absolute Gasteiger partial charge is 0.100 e. The van der Waals surface area contributed by atoms with Crippen molar-refractivity contribution in [3.8, 4) is 0 Å². The molecule has 0 saturated heterocycles. The summed E-state index contributed by atoms with van der Waals surface area (Å²) in [4.78, 5) is 7.20. The molecule has 16 heavy (non-hydrogen) atoms. The fraction of sp³-hybridized carbons (Fsp3) is 0.643. The molecule has 2 atom stereocenters. The van der Waals surface area contributed by atoms with Crippen LogP contribution < -0.4 is 0 Å². The van der Waals surface area contributed by atoms with Crippen molar-refractivity contribution < 1.29 is 0 Å². The van der Waals surface area contributed by atoms with Crippen LogP contribution >= 0.6 is 0 Å². The standard InChI is InChI=1S/C14H24N2/c1-5-9-14-15-12(3)10-7-8-11-13(4)16(14)6-2/h7-8,10-13H,5-6,9H2,1-4H3/b10-7-,11-8-,15-14-. The van der Waals surface area contributed by atoms with Gasteiger partial charge in [-0.1, -0.05) is 31.2 Å². The van der Waals surface area contributed by atoms with E-state index >= 15 is 0 Å². The van der Waals surface area contributed by atoms with Gasteiger partial charge >= 0.3 is 0 Å². The van der Waals surface area contributed by atoms with E-state index in [1.165, 1.54) is 5.84 Å². The second kappa shape index (κ2) is 6.51. The number of allylic oxidation sites excluding steroid dienone is 2. The Hall–Kier alpha value is -1.05. The monoisotopic (exact) mass is 220 g/mol. The average Bonchev–Trinajstić information content (AvgIpc) is 2.30. The minimum absolute atomic E-state index is 0.283. The van der Waals surface area contributed by atoms with E-state index in [9.17, 15) is 0 Å². The molecule has 0 N–H and O–H groups in total. The van der Waals surface area contributed by atoms with Gasteiger partial charge in [0.05, 0.1) is 6.04 Å². The highest BCUT2D eigenvalue weighted by molar-refractivity contribution is 5.83. The minimum Gasteiger partial charge on any atom is -0.354 e. The Morgan fingerprint density at radius 3 is 2.50 bits per heavy atom. The van der Waals surface area contributed by atoms with Crippen LogP contribution in [0, 0.1) is 0 Å². The molecule has 0 aromatic carbocycles. The Kier molecular flexibility index (Phi) is 5.30. The van der Waals surface area contributed by atoms with Gasteiger partial charge in [0.2, 0.25) is 0 Å². The van der Waals surface area contributed by atoms with Crippen LogP contribution in [0.15, 0.2) is 29.3 Å². The van der Waals surface area contributed by atoms with Crippen molar-refractivity contribution >= 4 is 5.84 Å². The first-order chi connectivity index (χ1) is 7.69. The lowest BCUT2D eigenvalue weighted by Gasteiger charge is -2.29. The Morgan fingerprint density at radius 1 is 1.19 bits per heavy atom. The molecule has 0 fully saturated rings. The van der Waals surface area contributed by atoms with E-state index in [1.807, 2.05) is 0 Å². The normalized spacial score (nSPS) is 33.2. The van der Waals surface area contributed by atoms with Crippen LogP contribution in [0.25, 0.3) is 0 Å². The lowest BCUT2D eigenvalue weighted by atomic mass is 10.2. The number of hydrogen-bond acceptors (Lipinski definition) is 2. The molecule has 90 valence electrons. The van der Waals surface area contributed by atoms with Gasteiger partial charge in [-0.2, -0.15) is 0 Å². The Labute approximate surface area is 99.8 Å².